The molecule has 0 fully saturated rings. The van der Waals surface area contributed by atoms with E-state index in [4.69, 9.17) is 3.72 Å². The van der Waals surface area contributed by atoms with Gasteiger partial charge in [-0.05, 0) is 0 Å². The number of hydrogen-bond donors (Lipinski definition) is 1. The van der Waals surface area contributed by atoms with E-state index in [1.165, 1.54) is 10.6 Å². The van der Waals surface area contributed by atoms with Crippen LogP contribution in [0.1, 0.15) is 13.3 Å². The number of rotatable bonds is 2. The van der Waals surface area contributed by atoms with Gasteiger partial charge in [-0.2, -0.15) is 0 Å². The Hall–Kier alpha value is 0.830. The zero-order chi connectivity index (χ0) is 4.12. The molecule has 1 radical (unpaired) electrons. The number of nitrogens with two attached hydrogens (primary N) is 1. The molecule has 2 N–H and O–H groups in total. The second-order valence-corrected chi connectivity index (χ2v) is 4.02. The molecule has 0 atom stereocenters. The molecule has 0 heterocycles. The van der Waals surface area contributed by atoms with Crippen molar-refractivity contribution in [2.45, 2.75) is 17.5 Å². The van der Waals surface area contributed by atoms with Crippen molar-refractivity contribution in [2.24, 2.45) is 3.72 Å². The molecule has 0 spiro atoms. The molecule has 0 aromatic carbocycles. The topological polar surface area (TPSA) is 26.0 Å². The van der Waals surface area contributed by atoms with Crippen molar-refractivity contribution in [1.82, 2.24) is 0 Å². The second kappa shape index (κ2) is 4.83. The standard InChI is InChI=1S/C3H7.In.H2N/c1-3-2;;/h1,3H2,2H3;;1H2/q;+1;-1. The molecule has 0 aliphatic rings. The van der Waals surface area contributed by atoms with Gasteiger partial charge in [0.25, 0.3) is 0 Å². The Balaban J connectivity index is 2.19. The zero-order valence-electron chi connectivity index (χ0n) is 3.57. The molecule has 5 heavy (non-hydrogen) atoms. The minimum absolute atomic E-state index is 0.428. The summed E-state index contributed by atoms with van der Waals surface area (Å²) in [6.07, 6.45) is 1.30. The van der Waals surface area contributed by atoms with Crippen LogP contribution in [0.4, 0.5) is 0 Å². The number of hydrogen-bond acceptors (Lipinski definition) is 1. The first-order valence-electron chi connectivity index (χ1n) is 1.95. The monoisotopic (exact) mass is 174 g/mol. The molecular formula is C3H9InN. The predicted molar refractivity (Wildman–Crippen MR) is 25.0 cm³/mol. The molecule has 0 aliphatic heterocycles. The fraction of sp³-hybridized carbons (Fsp3) is 1.00. The van der Waals surface area contributed by atoms with E-state index in [-0.39, 0.29) is 0 Å². The maximum absolute atomic E-state index is 5.33. The quantitative estimate of drug-likeness (QED) is 0.643. The van der Waals surface area contributed by atoms with Crippen LogP contribution in [0.5, 0.6) is 0 Å². The molecule has 0 bridgehead atoms. The minimum atomic E-state index is -0.428. The van der Waals surface area contributed by atoms with Crippen molar-refractivity contribution < 1.29 is 0 Å². The summed E-state index contributed by atoms with van der Waals surface area (Å²) in [5.41, 5.74) is 0. The van der Waals surface area contributed by atoms with Gasteiger partial charge in [-0.25, -0.2) is 0 Å². The Labute approximate surface area is 44.7 Å². The summed E-state index contributed by atoms with van der Waals surface area (Å²) in [6, 6.07) is 0. The third-order valence-electron chi connectivity index (χ3n) is 0.455. The summed E-state index contributed by atoms with van der Waals surface area (Å²) in [7, 11) is 0. The Kier molecular flexibility index (Phi) is 5.63. The molecule has 1 nitrogen and oxygen atoms in total. The van der Waals surface area contributed by atoms with E-state index >= 15 is 0 Å². The Bertz CT molecular complexity index is 14.4. The summed E-state index contributed by atoms with van der Waals surface area (Å²) in [4.78, 5) is 0. The first-order chi connectivity index (χ1) is 2.41. The van der Waals surface area contributed by atoms with Crippen LogP contribution in [0.15, 0.2) is 0 Å². The summed E-state index contributed by atoms with van der Waals surface area (Å²) in [6.45, 7) is 2.18. The van der Waals surface area contributed by atoms with Crippen molar-refractivity contribution in [3.8, 4) is 0 Å². The van der Waals surface area contributed by atoms with E-state index < -0.39 is 23.2 Å². The van der Waals surface area contributed by atoms with Crippen molar-refractivity contribution in [3.63, 3.8) is 0 Å². The third-order valence-corrected chi connectivity index (χ3v) is 3.05. The average Bonchev–Trinajstić information content (AvgIpc) is 1.41. The van der Waals surface area contributed by atoms with E-state index in [1.807, 2.05) is 0 Å². The van der Waals surface area contributed by atoms with Gasteiger partial charge in [-0.1, -0.05) is 0 Å². The van der Waals surface area contributed by atoms with Crippen LogP contribution in [-0.2, 0) is 0 Å². The van der Waals surface area contributed by atoms with Crippen LogP contribution in [0, 0.1) is 0 Å². The second-order valence-electron chi connectivity index (χ2n) is 1.02. The Morgan fingerprint density at radius 2 is 2.40 bits per heavy atom. The van der Waals surface area contributed by atoms with Crippen molar-refractivity contribution >= 4 is 23.2 Å². The zero-order valence-corrected chi connectivity index (χ0v) is 6.86. The van der Waals surface area contributed by atoms with Gasteiger partial charge >= 0.3 is 44.4 Å². The average molecular weight is 174 g/mol. The normalized spacial score (nSPS) is 7.60. The van der Waals surface area contributed by atoms with Gasteiger partial charge in [-0.15, -0.1) is 0 Å². The predicted octanol–water partition coefficient (Wildman–Crippen LogP) is 0.393. The van der Waals surface area contributed by atoms with Crippen LogP contribution in [0.3, 0.4) is 0 Å². The van der Waals surface area contributed by atoms with Crippen molar-refractivity contribution in [3.05, 3.63) is 0 Å². The van der Waals surface area contributed by atoms with E-state index in [2.05, 4.69) is 6.92 Å². The Morgan fingerprint density at radius 1 is 1.80 bits per heavy atom. The molecule has 29 valence electrons. The van der Waals surface area contributed by atoms with Gasteiger partial charge in [0.1, 0.15) is 0 Å². The van der Waals surface area contributed by atoms with Gasteiger partial charge in [0.2, 0.25) is 0 Å². The molecule has 0 aromatic heterocycles. The van der Waals surface area contributed by atoms with Crippen LogP contribution in [-0.4, -0.2) is 23.2 Å². The van der Waals surface area contributed by atoms with Crippen molar-refractivity contribution in [2.75, 3.05) is 0 Å². The van der Waals surface area contributed by atoms with E-state index in [0.29, 0.717) is 0 Å². The summed E-state index contributed by atoms with van der Waals surface area (Å²) in [5.74, 6) is 0. The van der Waals surface area contributed by atoms with Gasteiger partial charge in [0.05, 0.1) is 0 Å². The van der Waals surface area contributed by atoms with Crippen LogP contribution >= 0.6 is 0 Å². The molecule has 0 saturated heterocycles. The van der Waals surface area contributed by atoms with Gasteiger partial charge in [0, 0.05) is 0 Å². The molecule has 0 amide bonds. The molecule has 0 aromatic rings. The molecule has 0 saturated carbocycles. The SMILES string of the molecule is CC[CH2][In][NH2]. The van der Waals surface area contributed by atoms with E-state index in [1.54, 1.807) is 0 Å². The maximum atomic E-state index is 5.33. The fourth-order valence-electron chi connectivity index (χ4n) is 0.167. The summed E-state index contributed by atoms with van der Waals surface area (Å²) < 4.78 is 6.69. The van der Waals surface area contributed by atoms with E-state index in [9.17, 15) is 0 Å². The molecule has 0 unspecified atom stereocenters. The molecule has 0 aliphatic carbocycles. The third kappa shape index (κ3) is 4.83. The summed E-state index contributed by atoms with van der Waals surface area (Å²) >= 11 is -0.428. The van der Waals surface area contributed by atoms with Gasteiger partial charge < -0.3 is 0 Å². The van der Waals surface area contributed by atoms with E-state index in [0.717, 1.165) is 0 Å². The Morgan fingerprint density at radius 3 is 2.40 bits per heavy atom. The molecule has 2 heteroatoms. The fourth-order valence-corrected chi connectivity index (χ4v) is 1.12. The van der Waals surface area contributed by atoms with Gasteiger partial charge in [-0.3, -0.25) is 0 Å². The van der Waals surface area contributed by atoms with Crippen LogP contribution < -0.4 is 3.72 Å². The van der Waals surface area contributed by atoms with Crippen LogP contribution in [0.25, 0.3) is 0 Å². The van der Waals surface area contributed by atoms with Crippen molar-refractivity contribution in [1.29, 1.82) is 0 Å². The first-order valence-corrected chi connectivity index (χ1v) is 6.18. The summed E-state index contributed by atoms with van der Waals surface area (Å²) in [5, 5.41) is 0. The molecular weight excluding hydrogens is 165 g/mol. The van der Waals surface area contributed by atoms with Crippen LogP contribution in [0.2, 0.25) is 4.18 Å². The molecule has 0 rings (SSSR count). The first kappa shape index (κ1) is 5.83. The van der Waals surface area contributed by atoms with Gasteiger partial charge in [0.15, 0.2) is 0 Å².